The van der Waals surface area contributed by atoms with E-state index in [1.54, 1.807) is 13.2 Å². The van der Waals surface area contributed by atoms with Crippen LogP contribution in [0.25, 0.3) is 0 Å². The lowest BCUT2D eigenvalue weighted by molar-refractivity contribution is -0.126. The van der Waals surface area contributed by atoms with E-state index >= 15 is 0 Å². The van der Waals surface area contributed by atoms with Crippen LogP contribution in [0.4, 0.5) is 0 Å². The lowest BCUT2D eigenvalue weighted by atomic mass is 9.85. The smallest absolute Gasteiger partial charge is 0.223 e. The predicted molar refractivity (Wildman–Crippen MR) is 79.8 cm³/mol. The van der Waals surface area contributed by atoms with Crippen LogP contribution in [0.3, 0.4) is 0 Å². The van der Waals surface area contributed by atoms with Crippen molar-refractivity contribution < 1.29 is 9.53 Å². The van der Waals surface area contributed by atoms with Crippen molar-refractivity contribution in [2.24, 2.45) is 11.7 Å². The third-order valence-electron chi connectivity index (χ3n) is 3.77. The highest BCUT2D eigenvalue weighted by Crippen LogP contribution is 2.25. The molecule has 0 heterocycles. The van der Waals surface area contributed by atoms with E-state index in [0.717, 1.165) is 31.2 Å². The maximum Gasteiger partial charge on any atom is 0.223 e. The standard InChI is InChI=1S/C15H21ClN2O2/c1-20-14-6-5-10(7-13(14)16)9-18-15(19)11-3-2-4-12(17)8-11/h5-7,11-12H,2-4,8-9,17H2,1H3,(H,18,19). The fraction of sp³-hybridized carbons (Fsp3) is 0.533. The van der Waals surface area contributed by atoms with Crippen molar-refractivity contribution in [3.05, 3.63) is 28.8 Å². The van der Waals surface area contributed by atoms with E-state index in [1.807, 2.05) is 12.1 Å². The molecule has 0 aliphatic heterocycles. The van der Waals surface area contributed by atoms with Crippen LogP contribution in [0.1, 0.15) is 31.2 Å². The Balaban J connectivity index is 1.88. The van der Waals surface area contributed by atoms with Gasteiger partial charge >= 0.3 is 0 Å². The van der Waals surface area contributed by atoms with Crippen LogP contribution in [0.2, 0.25) is 5.02 Å². The fourth-order valence-electron chi connectivity index (χ4n) is 2.62. The van der Waals surface area contributed by atoms with Crippen LogP contribution in [-0.2, 0) is 11.3 Å². The lowest BCUT2D eigenvalue weighted by Crippen LogP contribution is -2.37. The van der Waals surface area contributed by atoms with Gasteiger partial charge in [0.2, 0.25) is 5.91 Å². The van der Waals surface area contributed by atoms with Crippen molar-refractivity contribution in [2.45, 2.75) is 38.3 Å². The number of benzene rings is 1. The third-order valence-corrected chi connectivity index (χ3v) is 4.06. The van der Waals surface area contributed by atoms with E-state index in [2.05, 4.69) is 5.32 Å². The second-order valence-corrected chi connectivity index (χ2v) is 5.72. The molecule has 2 atom stereocenters. The number of carbonyl (C=O) groups excluding carboxylic acids is 1. The van der Waals surface area contributed by atoms with Crippen molar-refractivity contribution in [1.29, 1.82) is 0 Å². The normalized spacial score (nSPS) is 22.4. The Labute approximate surface area is 124 Å². The zero-order chi connectivity index (χ0) is 14.5. The highest BCUT2D eigenvalue weighted by molar-refractivity contribution is 6.32. The van der Waals surface area contributed by atoms with Gasteiger partial charge in [0.25, 0.3) is 0 Å². The average Bonchev–Trinajstić information content (AvgIpc) is 2.45. The largest absolute Gasteiger partial charge is 0.495 e. The van der Waals surface area contributed by atoms with E-state index in [4.69, 9.17) is 22.1 Å². The average molecular weight is 297 g/mol. The van der Waals surface area contributed by atoms with Gasteiger partial charge < -0.3 is 15.8 Å². The first-order valence-electron chi connectivity index (χ1n) is 6.96. The Morgan fingerprint density at radius 2 is 2.30 bits per heavy atom. The SMILES string of the molecule is COc1ccc(CNC(=O)C2CCCC(N)C2)cc1Cl. The Bertz CT molecular complexity index is 479. The minimum absolute atomic E-state index is 0.0486. The first kappa shape index (κ1) is 15.1. The van der Waals surface area contributed by atoms with Gasteiger partial charge in [-0.15, -0.1) is 0 Å². The summed E-state index contributed by atoms with van der Waals surface area (Å²) in [5.41, 5.74) is 6.87. The summed E-state index contributed by atoms with van der Waals surface area (Å²) >= 11 is 6.06. The van der Waals surface area contributed by atoms with E-state index in [-0.39, 0.29) is 17.9 Å². The molecule has 5 heteroatoms. The Kier molecular flexibility index (Phi) is 5.26. The zero-order valence-corrected chi connectivity index (χ0v) is 12.5. The minimum atomic E-state index is 0.0486. The van der Waals surface area contributed by atoms with E-state index in [9.17, 15) is 4.79 Å². The first-order chi connectivity index (χ1) is 9.60. The molecule has 0 aromatic heterocycles. The summed E-state index contributed by atoms with van der Waals surface area (Å²) in [5, 5.41) is 3.51. The molecule has 1 saturated carbocycles. The quantitative estimate of drug-likeness (QED) is 0.897. The number of nitrogens with two attached hydrogens (primary N) is 1. The molecule has 1 aromatic rings. The van der Waals surface area contributed by atoms with Gasteiger partial charge in [-0.3, -0.25) is 4.79 Å². The Morgan fingerprint density at radius 3 is 2.95 bits per heavy atom. The van der Waals surface area contributed by atoms with Crippen molar-refractivity contribution >= 4 is 17.5 Å². The highest BCUT2D eigenvalue weighted by atomic mass is 35.5. The van der Waals surface area contributed by atoms with Crippen molar-refractivity contribution in [3.63, 3.8) is 0 Å². The monoisotopic (exact) mass is 296 g/mol. The molecule has 0 radical (unpaired) electrons. The number of hydrogen-bond acceptors (Lipinski definition) is 3. The molecular weight excluding hydrogens is 276 g/mol. The van der Waals surface area contributed by atoms with Crippen LogP contribution in [0, 0.1) is 5.92 Å². The van der Waals surface area contributed by atoms with Gasteiger partial charge in [0.1, 0.15) is 5.75 Å². The number of hydrogen-bond donors (Lipinski definition) is 2. The Morgan fingerprint density at radius 1 is 1.50 bits per heavy atom. The molecule has 3 N–H and O–H groups in total. The van der Waals surface area contributed by atoms with Gasteiger partial charge in [-0.1, -0.05) is 24.1 Å². The number of halogens is 1. The van der Waals surface area contributed by atoms with Gasteiger partial charge in [-0.2, -0.15) is 0 Å². The number of ether oxygens (including phenoxy) is 1. The summed E-state index contributed by atoms with van der Waals surface area (Å²) in [6.07, 6.45) is 3.78. The number of amides is 1. The van der Waals surface area contributed by atoms with Crippen LogP contribution in [0.5, 0.6) is 5.75 Å². The molecule has 2 unspecified atom stereocenters. The van der Waals surface area contributed by atoms with Gasteiger partial charge in [-0.25, -0.2) is 0 Å². The number of nitrogens with one attached hydrogen (secondary N) is 1. The summed E-state index contributed by atoms with van der Waals surface area (Å²) in [4.78, 5) is 12.1. The van der Waals surface area contributed by atoms with Crippen LogP contribution < -0.4 is 15.8 Å². The number of carbonyl (C=O) groups is 1. The number of rotatable bonds is 4. The van der Waals surface area contributed by atoms with Crippen molar-refractivity contribution in [2.75, 3.05) is 7.11 Å². The molecular formula is C15H21ClN2O2. The van der Waals surface area contributed by atoms with Gasteiger partial charge in [-0.05, 0) is 37.0 Å². The molecule has 0 spiro atoms. The molecule has 2 rings (SSSR count). The molecule has 1 aliphatic rings. The summed E-state index contributed by atoms with van der Waals surface area (Å²) in [6.45, 7) is 0.480. The molecule has 110 valence electrons. The molecule has 0 bridgehead atoms. The minimum Gasteiger partial charge on any atom is -0.495 e. The van der Waals surface area contributed by atoms with E-state index in [1.165, 1.54) is 0 Å². The predicted octanol–water partition coefficient (Wildman–Crippen LogP) is 2.48. The molecule has 0 saturated heterocycles. The maximum absolute atomic E-state index is 12.1. The zero-order valence-electron chi connectivity index (χ0n) is 11.7. The number of methoxy groups -OCH3 is 1. The van der Waals surface area contributed by atoms with Gasteiger partial charge in [0.05, 0.1) is 12.1 Å². The second kappa shape index (κ2) is 6.95. The Hall–Kier alpha value is -1.26. The molecule has 1 fully saturated rings. The highest BCUT2D eigenvalue weighted by Gasteiger charge is 2.24. The molecule has 1 aliphatic carbocycles. The first-order valence-corrected chi connectivity index (χ1v) is 7.33. The molecule has 1 amide bonds. The maximum atomic E-state index is 12.1. The van der Waals surface area contributed by atoms with Crippen LogP contribution >= 0.6 is 11.6 Å². The summed E-state index contributed by atoms with van der Waals surface area (Å²) in [6, 6.07) is 5.68. The van der Waals surface area contributed by atoms with E-state index in [0.29, 0.717) is 17.3 Å². The summed E-state index contributed by atoms with van der Waals surface area (Å²) < 4.78 is 5.10. The summed E-state index contributed by atoms with van der Waals surface area (Å²) in [5.74, 6) is 0.777. The second-order valence-electron chi connectivity index (χ2n) is 5.31. The van der Waals surface area contributed by atoms with Gasteiger partial charge in [0, 0.05) is 18.5 Å². The van der Waals surface area contributed by atoms with Crippen LogP contribution in [0.15, 0.2) is 18.2 Å². The molecule has 1 aromatic carbocycles. The van der Waals surface area contributed by atoms with Crippen molar-refractivity contribution in [3.8, 4) is 5.75 Å². The molecule has 20 heavy (non-hydrogen) atoms. The lowest BCUT2D eigenvalue weighted by Gasteiger charge is -2.25. The van der Waals surface area contributed by atoms with Gasteiger partial charge in [0.15, 0.2) is 0 Å². The third kappa shape index (κ3) is 3.87. The van der Waals surface area contributed by atoms with Crippen molar-refractivity contribution in [1.82, 2.24) is 5.32 Å². The topological polar surface area (TPSA) is 64.3 Å². The van der Waals surface area contributed by atoms with E-state index < -0.39 is 0 Å². The van der Waals surface area contributed by atoms with Crippen LogP contribution in [-0.4, -0.2) is 19.1 Å². The summed E-state index contributed by atoms with van der Waals surface area (Å²) in [7, 11) is 1.58. The molecule has 4 nitrogen and oxygen atoms in total. The fourth-order valence-corrected chi connectivity index (χ4v) is 2.90.